The molecular formula is C20H23ClN4O2. The Balaban J connectivity index is 2.28. The van der Waals surface area contributed by atoms with Crippen molar-refractivity contribution in [2.75, 3.05) is 25.6 Å². The summed E-state index contributed by atoms with van der Waals surface area (Å²) in [6.07, 6.45) is 0. The van der Waals surface area contributed by atoms with Crippen molar-refractivity contribution in [1.29, 1.82) is 0 Å². The van der Waals surface area contributed by atoms with Crippen LogP contribution in [0.4, 0.5) is 5.69 Å². The number of esters is 1. The first-order valence-electron chi connectivity index (χ1n) is 8.87. The summed E-state index contributed by atoms with van der Waals surface area (Å²) in [4.78, 5) is 18.7. The van der Waals surface area contributed by atoms with Gasteiger partial charge in [0.25, 0.3) is 0 Å². The van der Waals surface area contributed by atoms with E-state index in [0.29, 0.717) is 10.7 Å². The van der Waals surface area contributed by atoms with E-state index >= 15 is 0 Å². The lowest BCUT2D eigenvalue weighted by atomic mass is 10.1. The predicted octanol–water partition coefficient (Wildman–Crippen LogP) is 4.44. The highest BCUT2D eigenvalue weighted by molar-refractivity contribution is 6.35. The smallest absolute Gasteiger partial charge is 0.357 e. The molecule has 0 aliphatic carbocycles. The zero-order valence-corrected chi connectivity index (χ0v) is 16.9. The van der Waals surface area contributed by atoms with Crippen LogP contribution in [-0.2, 0) is 4.74 Å². The van der Waals surface area contributed by atoms with Crippen LogP contribution < -0.4 is 4.90 Å². The van der Waals surface area contributed by atoms with Crippen molar-refractivity contribution in [3.63, 3.8) is 0 Å². The summed E-state index contributed by atoms with van der Waals surface area (Å²) in [6, 6.07) is 9.50. The number of fused-ring (bicyclic) bond motifs is 1. The lowest BCUT2D eigenvalue weighted by molar-refractivity contribution is 0.0520. The zero-order chi connectivity index (χ0) is 19.7. The summed E-state index contributed by atoms with van der Waals surface area (Å²) >= 11 is 6.53. The highest BCUT2D eigenvalue weighted by Crippen LogP contribution is 2.33. The van der Waals surface area contributed by atoms with Crippen LogP contribution in [0.15, 0.2) is 30.3 Å². The Morgan fingerprint density at radius 2 is 2.04 bits per heavy atom. The number of pyridine rings is 1. The molecule has 142 valence electrons. The fourth-order valence-corrected chi connectivity index (χ4v) is 3.18. The largest absolute Gasteiger partial charge is 0.461 e. The van der Waals surface area contributed by atoms with Crippen molar-refractivity contribution in [2.24, 2.45) is 0 Å². The number of anilines is 1. The van der Waals surface area contributed by atoms with Crippen molar-refractivity contribution < 1.29 is 9.53 Å². The van der Waals surface area contributed by atoms with Crippen LogP contribution in [0.25, 0.3) is 16.7 Å². The maximum absolute atomic E-state index is 12.2. The molecule has 27 heavy (non-hydrogen) atoms. The first-order chi connectivity index (χ1) is 12.8. The lowest BCUT2D eigenvalue weighted by Gasteiger charge is -2.13. The van der Waals surface area contributed by atoms with Gasteiger partial charge in [-0.3, -0.25) is 0 Å². The molecule has 2 heterocycles. The Kier molecular flexibility index (Phi) is 5.37. The molecule has 2 aromatic heterocycles. The predicted molar refractivity (Wildman–Crippen MR) is 108 cm³/mol. The monoisotopic (exact) mass is 386 g/mol. The number of nitrogens with zero attached hydrogens (tertiary/aromatic N) is 4. The Labute approximate surface area is 163 Å². The average Bonchev–Trinajstić information content (AvgIpc) is 3.02. The van der Waals surface area contributed by atoms with Crippen molar-refractivity contribution in [1.82, 2.24) is 14.8 Å². The van der Waals surface area contributed by atoms with Crippen LogP contribution >= 0.6 is 11.6 Å². The average molecular weight is 387 g/mol. The minimum Gasteiger partial charge on any atom is -0.461 e. The maximum Gasteiger partial charge on any atom is 0.357 e. The summed E-state index contributed by atoms with van der Waals surface area (Å²) in [5.41, 5.74) is 3.45. The number of carbonyl (C=O) groups is 1. The van der Waals surface area contributed by atoms with E-state index in [1.165, 1.54) is 0 Å². The van der Waals surface area contributed by atoms with Gasteiger partial charge in [0.1, 0.15) is 0 Å². The van der Waals surface area contributed by atoms with Crippen molar-refractivity contribution in [3.8, 4) is 5.69 Å². The molecule has 0 aliphatic rings. The minimum absolute atomic E-state index is 0.151. The SMILES string of the molecule is CCOC(=O)c1cc(Cl)c2c(C(C)C)nn(-c3cccc(N(C)C)c3)c2n1. The highest BCUT2D eigenvalue weighted by Gasteiger charge is 2.22. The number of hydrogen-bond donors (Lipinski definition) is 0. The van der Waals surface area contributed by atoms with Gasteiger partial charge >= 0.3 is 5.97 Å². The third-order valence-electron chi connectivity index (χ3n) is 4.24. The van der Waals surface area contributed by atoms with Gasteiger partial charge in [-0.15, -0.1) is 0 Å². The van der Waals surface area contributed by atoms with Gasteiger partial charge in [0, 0.05) is 19.8 Å². The van der Waals surface area contributed by atoms with Gasteiger partial charge in [-0.2, -0.15) is 5.10 Å². The molecule has 0 radical (unpaired) electrons. The standard InChI is InChI=1S/C20H23ClN4O2/c1-6-27-20(26)16-11-15(21)17-18(12(2)3)23-25(19(17)22-16)14-9-7-8-13(10-14)24(4)5/h7-12H,6H2,1-5H3. The van der Waals surface area contributed by atoms with Crippen LogP contribution in [0.3, 0.4) is 0 Å². The second-order valence-corrected chi connectivity index (χ2v) is 7.18. The van der Waals surface area contributed by atoms with Gasteiger partial charge in [0.2, 0.25) is 0 Å². The van der Waals surface area contributed by atoms with Crippen LogP contribution in [-0.4, -0.2) is 41.4 Å². The molecule has 0 atom stereocenters. The second kappa shape index (κ2) is 7.56. The molecule has 0 fully saturated rings. The first-order valence-corrected chi connectivity index (χ1v) is 9.25. The molecule has 6 nitrogen and oxygen atoms in total. The van der Waals surface area contributed by atoms with Crippen LogP contribution in [0, 0.1) is 0 Å². The molecule has 3 aromatic rings. The number of carbonyl (C=O) groups excluding carboxylic acids is 1. The number of rotatable bonds is 5. The maximum atomic E-state index is 12.2. The van der Waals surface area contributed by atoms with Gasteiger partial charge in [-0.25, -0.2) is 14.5 Å². The molecule has 0 N–H and O–H groups in total. The third kappa shape index (κ3) is 3.62. The highest BCUT2D eigenvalue weighted by atomic mass is 35.5. The van der Waals surface area contributed by atoms with Crippen molar-refractivity contribution in [2.45, 2.75) is 26.7 Å². The zero-order valence-electron chi connectivity index (χ0n) is 16.2. The van der Waals surface area contributed by atoms with Gasteiger partial charge < -0.3 is 9.64 Å². The molecular weight excluding hydrogens is 364 g/mol. The van der Waals surface area contributed by atoms with E-state index in [1.807, 2.05) is 43.3 Å². The van der Waals surface area contributed by atoms with E-state index in [-0.39, 0.29) is 18.2 Å². The van der Waals surface area contributed by atoms with Gasteiger partial charge in [-0.05, 0) is 37.1 Å². The van der Waals surface area contributed by atoms with E-state index in [9.17, 15) is 4.79 Å². The summed E-state index contributed by atoms with van der Waals surface area (Å²) < 4.78 is 6.83. The Morgan fingerprint density at radius 1 is 1.30 bits per heavy atom. The number of hydrogen-bond acceptors (Lipinski definition) is 5. The third-order valence-corrected chi connectivity index (χ3v) is 4.54. The molecule has 0 saturated carbocycles. The van der Waals surface area contributed by atoms with E-state index in [0.717, 1.165) is 22.5 Å². The van der Waals surface area contributed by atoms with E-state index in [1.54, 1.807) is 17.7 Å². The fourth-order valence-electron chi connectivity index (χ4n) is 2.89. The van der Waals surface area contributed by atoms with Crippen LogP contribution in [0.1, 0.15) is 42.9 Å². The number of benzene rings is 1. The lowest BCUT2D eigenvalue weighted by Crippen LogP contribution is -2.10. The molecule has 7 heteroatoms. The van der Waals surface area contributed by atoms with Crippen molar-refractivity contribution in [3.05, 3.63) is 46.7 Å². The van der Waals surface area contributed by atoms with Gasteiger partial charge in [0.15, 0.2) is 11.3 Å². The quantitative estimate of drug-likeness (QED) is 0.606. The molecule has 0 spiro atoms. The first kappa shape index (κ1) is 19.2. The minimum atomic E-state index is -0.498. The molecule has 0 unspecified atom stereocenters. The second-order valence-electron chi connectivity index (χ2n) is 6.77. The number of ether oxygens (including phenoxy) is 1. The topological polar surface area (TPSA) is 60.2 Å². The van der Waals surface area contributed by atoms with E-state index in [2.05, 4.69) is 18.8 Å². The molecule has 0 aliphatic heterocycles. The van der Waals surface area contributed by atoms with Crippen LogP contribution in [0.5, 0.6) is 0 Å². The molecule has 0 bridgehead atoms. The number of aromatic nitrogens is 3. The van der Waals surface area contributed by atoms with E-state index < -0.39 is 5.97 Å². The summed E-state index contributed by atoms with van der Waals surface area (Å²) in [7, 11) is 3.96. The Morgan fingerprint density at radius 3 is 2.67 bits per heavy atom. The summed E-state index contributed by atoms with van der Waals surface area (Å²) in [6.45, 7) is 6.14. The fraction of sp³-hybridized carbons (Fsp3) is 0.350. The summed E-state index contributed by atoms with van der Waals surface area (Å²) in [5, 5.41) is 5.97. The Hall–Kier alpha value is -2.60. The van der Waals surface area contributed by atoms with Gasteiger partial charge in [-0.1, -0.05) is 31.5 Å². The van der Waals surface area contributed by atoms with Crippen molar-refractivity contribution >= 4 is 34.3 Å². The number of halogens is 1. The summed E-state index contributed by atoms with van der Waals surface area (Å²) in [5.74, 6) is -0.347. The molecule has 1 aromatic carbocycles. The normalized spacial score (nSPS) is 11.2. The molecule has 0 saturated heterocycles. The van der Waals surface area contributed by atoms with Crippen LogP contribution in [0.2, 0.25) is 5.02 Å². The van der Waals surface area contributed by atoms with E-state index in [4.69, 9.17) is 21.4 Å². The van der Waals surface area contributed by atoms with Gasteiger partial charge in [0.05, 0.1) is 28.4 Å². The Bertz CT molecular complexity index is 995. The molecule has 3 rings (SSSR count). The molecule has 0 amide bonds.